The second-order valence-corrected chi connectivity index (χ2v) is 3.11. The van der Waals surface area contributed by atoms with E-state index in [0.717, 1.165) is 0 Å². The molecule has 0 saturated heterocycles. The molecule has 4 heteroatoms. The molecule has 0 fully saturated rings. The number of hydrogen-bond donors (Lipinski definition) is 1. The first kappa shape index (κ1) is 6.87. The quantitative estimate of drug-likeness (QED) is 0.211. The fourth-order valence-corrected chi connectivity index (χ4v) is 0.716. The Hall–Kier alpha value is -0.130. The molecule has 0 unspecified atom stereocenters. The second kappa shape index (κ2) is 4.04. The number of rotatable bonds is 3. The first-order valence-corrected chi connectivity index (χ1v) is 3.72. The summed E-state index contributed by atoms with van der Waals surface area (Å²) in [5, 5.41) is 0. The van der Waals surface area contributed by atoms with Crippen LogP contribution in [0.2, 0.25) is 0 Å². The number of nitrogens with one attached hydrogen (secondary N) is 1. The van der Waals surface area contributed by atoms with Crippen molar-refractivity contribution in [2.45, 2.75) is 0 Å². The third-order valence-electron chi connectivity index (χ3n) is 0.374. The van der Waals surface area contributed by atoms with Gasteiger partial charge in [-0.2, -0.15) is 0 Å². The van der Waals surface area contributed by atoms with Gasteiger partial charge in [-0.1, -0.05) is 0 Å². The molecule has 0 aliphatic heterocycles. The van der Waals surface area contributed by atoms with Crippen LogP contribution in [0, 0.1) is 0 Å². The second-order valence-electron chi connectivity index (χ2n) is 0.755. The van der Waals surface area contributed by atoms with Crippen LogP contribution < -0.4 is 25.0 Å². The fraction of sp³-hybridized carbons (Fsp3) is 0.333. The average Bonchev–Trinajstić information content (AvgIpc) is 1.68. The first-order chi connectivity index (χ1) is 3.31. The van der Waals surface area contributed by atoms with Gasteiger partial charge in [-0.25, -0.2) is 0 Å². The molecular formula is C3H8IN3. The van der Waals surface area contributed by atoms with E-state index >= 15 is 0 Å². The normalized spacial score (nSPS) is 8.14. The number of hydrogen-bond acceptors (Lipinski definition) is 0. The van der Waals surface area contributed by atoms with Crippen molar-refractivity contribution in [2.24, 2.45) is 0 Å². The van der Waals surface area contributed by atoms with Gasteiger partial charge in [0.05, 0.1) is 0 Å². The molecule has 0 aliphatic carbocycles. The zero-order valence-corrected chi connectivity index (χ0v) is 6.34. The van der Waals surface area contributed by atoms with Gasteiger partial charge in [-0.3, -0.25) is 0 Å². The van der Waals surface area contributed by atoms with Gasteiger partial charge < -0.3 is 0 Å². The number of nitrogens with zero attached hydrogens (tertiary/aromatic N) is 2. The van der Waals surface area contributed by atoms with E-state index in [4.69, 9.17) is 0 Å². The molecule has 0 rings (SSSR count). The van der Waals surface area contributed by atoms with E-state index in [1.807, 2.05) is 0 Å². The van der Waals surface area contributed by atoms with Gasteiger partial charge in [0.25, 0.3) is 0 Å². The molecule has 3 nitrogen and oxygen atoms in total. The van der Waals surface area contributed by atoms with Crippen molar-refractivity contribution in [3.8, 4) is 0 Å². The Morgan fingerprint density at radius 3 is 2.57 bits per heavy atom. The maximum absolute atomic E-state index is 3.75. The van der Waals surface area contributed by atoms with Crippen molar-refractivity contribution < 1.29 is 27.9 Å². The van der Waals surface area contributed by atoms with Crippen LogP contribution in [0.25, 0.3) is 5.43 Å². The molecule has 0 aliphatic rings. The molecule has 1 N–H and O–H groups in total. The van der Waals surface area contributed by atoms with Gasteiger partial charge in [-0.15, -0.1) is 0 Å². The minimum absolute atomic E-state index is 0.240. The third kappa shape index (κ3) is 3.71. The number of halogens is 1. The molecule has 0 bridgehead atoms. The zero-order chi connectivity index (χ0) is 5.70. The summed E-state index contributed by atoms with van der Waals surface area (Å²) in [5.74, 6) is 0. The van der Waals surface area contributed by atoms with E-state index in [0.29, 0.717) is 0 Å². The zero-order valence-electron chi connectivity index (χ0n) is 4.19. The summed E-state index contributed by atoms with van der Waals surface area (Å²) in [7, 11) is 1.70. The summed E-state index contributed by atoms with van der Waals surface area (Å²) in [5.41, 5.74) is 3.75. The Balaban J connectivity index is 3.17. The molecule has 0 aromatic heterocycles. The summed E-state index contributed by atoms with van der Waals surface area (Å²) >= 11 is -0.240. The van der Waals surface area contributed by atoms with Crippen molar-refractivity contribution in [1.29, 1.82) is 0 Å². The molecular weight excluding hydrogens is 205 g/mol. The average molecular weight is 213 g/mol. The van der Waals surface area contributed by atoms with Gasteiger partial charge in [0.1, 0.15) is 0 Å². The molecule has 7 heavy (non-hydrogen) atoms. The van der Waals surface area contributed by atoms with E-state index in [1.54, 1.807) is 9.95 Å². The summed E-state index contributed by atoms with van der Waals surface area (Å²) in [6, 6.07) is 0. The van der Waals surface area contributed by atoms with Crippen LogP contribution in [-0.2, 0) is 0 Å². The fourth-order valence-electron chi connectivity index (χ4n) is 0.107. The van der Waals surface area contributed by atoms with Gasteiger partial charge in [0.15, 0.2) is 0 Å². The minimum atomic E-state index is -0.240. The predicted octanol–water partition coefficient (Wildman–Crippen LogP) is -4.68. The molecule has 0 aromatic carbocycles. The van der Waals surface area contributed by atoms with Crippen molar-refractivity contribution in [3.05, 3.63) is 5.43 Å². The molecule has 0 spiro atoms. The molecule has 0 radical (unpaired) electrons. The molecule has 42 valence electrons. The van der Waals surface area contributed by atoms with Crippen LogP contribution in [0.3, 0.4) is 0 Å². The standard InChI is InChI=1S/C3H8IN3/c1-5-4-7(3)6-2/h5H,1,3H2,2H3. The summed E-state index contributed by atoms with van der Waals surface area (Å²) < 4.78 is 4.36. The van der Waals surface area contributed by atoms with Gasteiger partial charge >= 0.3 is 53.8 Å². The van der Waals surface area contributed by atoms with Gasteiger partial charge in [0.2, 0.25) is 0 Å². The van der Waals surface area contributed by atoms with Gasteiger partial charge in [0, 0.05) is 0 Å². The molecule has 0 saturated carbocycles. The van der Waals surface area contributed by atoms with Crippen LogP contribution in [0.5, 0.6) is 0 Å². The Morgan fingerprint density at radius 2 is 2.43 bits per heavy atom. The van der Waals surface area contributed by atoms with Crippen molar-refractivity contribution in [1.82, 2.24) is 0 Å². The topological polar surface area (TPSA) is 31.1 Å². The van der Waals surface area contributed by atoms with E-state index in [2.05, 4.69) is 22.1 Å². The molecule has 0 atom stereocenters. The Labute approximate surface area is 54.1 Å². The molecule has 0 aromatic rings. The van der Waals surface area contributed by atoms with E-state index in [9.17, 15) is 0 Å². The Bertz CT molecular complexity index is 80.2. The Kier molecular flexibility index (Phi) is 3.97. The summed E-state index contributed by atoms with van der Waals surface area (Å²) in [6.07, 6.45) is 0. The molecule has 0 heterocycles. The third-order valence-corrected chi connectivity index (χ3v) is 1.70. The van der Waals surface area contributed by atoms with Crippen LogP contribution in [0.15, 0.2) is 0 Å². The van der Waals surface area contributed by atoms with Gasteiger partial charge in [-0.05, 0) is 0 Å². The van der Waals surface area contributed by atoms with Crippen LogP contribution >= 0.6 is 0 Å². The maximum atomic E-state index is 3.75. The van der Waals surface area contributed by atoms with Crippen LogP contribution in [0.4, 0.5) is 0 Å². The monoisotopic (exact) mass is 213 g/mol. The van der Waals surface area contributed by atoms with E-state index in [1.165, 1.54) is 0 Å². The molecule has 0 amide bonds. The van der Waals surface area contributed by atoms with Crippen molar-refractivity contribution in [3.63, 3.8) is 0 Å². The van der Waals surface area contributed by atoms with Crippen molar-refractivity contribution >= 4 is 13.4 Å². The Morgan fingerprint density at radius 1 is 1.86 bits per heavy atom. The SMILES string of the molecule is C=[NH+][I-][N+](=C)[N-]C. The summed E-state index contributed by atoms with van der Waals surface area (Å²) in [6.45, 7) is 6.99. The van der Waals surface area contributed by atoms with E-state index < -0.39 is 0 Å². The van der Waals surface area contributed by atoms with Crippen LogP contribution in [-0.4, -0.2) is 23.4 Å². The predicted molar refractivity (Wildman–Crippen MR) is 24.7 cm³/mol. The summed E-state index contributed by atoms with van der Waals surface area (Å²) in [4.78, 5) is 0. The van der Waals surface area contributed by atoms with E-state index in [-0.39, 0.29) is 21.8 Å². The van der Waals surface area contributed by atoms with Crippen molar-refractivity contribution in [2.75, 3.05) is 7.05 Å². The van der Waals surface area contributed by atoms with Crippen LogP contribution in [0.1, 0.15) is 0 Å². The first-order valence-electron chi connectivity index (χ1n) is 1.68.